The Bertz CT molecular complexity index is 1550. The first-order chi connectivity index (χ1) is 19.9. The second-order valence-corrected chi connectivity index (χ2v) is 9.86. The number of nitrogens with zero attached hydrogens (tertiary/aromatic N) is 4. The van der Waals surface area contributed by atoms with Crippen LogP contribution in [0.5, 0.6) is 0 Å². The number of carbonyl (C=O) groups excluding carboxylic acids is 3. The molecule has 0 radical (unpaired) electrons. The summed E-state index contributed by atoms with van der Waals surface area (Å²) in [7, 11) is 2.41. The largest absolute Gasteiger partial charge is 0.467 e. The molecule has 3 heterocycles. The number of hydrogen-bond donors (Lipinski definition) is 1. The number of nitrogens with one attached hydrogen (secondary N) is 1. The lowest BCUT2D eigenvalue weighted by atomic mass is 9.99. The summed E-state index contributed by atoms with van der Waals surface area (Å²) >= 11 is 0. The van der Waals surface area contributed by atoms with Gasteiger partial charge in [-0.25, -0.2) is 14.3 Å². The van der Waals surface area contributed by atoms with E-state index in [1.807, 2.05) is 29.2 Å². The van der Waals surface area contributed by atoms with Crippen molar-refractivity contribution in [3.05, 3.63) is 95.2 Å². The SMILES string of the molecule is COC(=O)c1nnn([C@H]2C[C@@H](C(=O)NCc3ccco3)N(Cc3cccc(-c4ccccc4C)c3)C2)c1C(=O)OC. The van der Waals surface area contributed by atoms with Crippen LogP contribution in [0.25, 0.3) is 11.1 Å². The molecule has 11 nitrogen and oxygen atoms in total. The molecule has 11 heteroatoms. The van der Waals surface area contributed by atoms with Gasteiger partial charge in [0.1, 0.15) is 5.76 Å². The molecule has 2 atom stereocenters. The monoisotopic (exact) mass is 557 g/mol. The second-order valence-electron chi connectivity index (χ2n) is 9.86. The zero-order valence-corrected chi connectivity index (χ0v) is 23.1. The summed E-state index contributed by atoms with van der Waals surface area (Å²) in [5.41, 5.74) is 4.08. The van der Waals surface area contributed by atoms with Crippen LogP contribution in [0.3, 0.4) is 0 Å². The zero-order valence-electron chi connectivity index (χ0n) is 23.1. The minimum atomic E-state index is -0.799. The Morgan fingerprint density at radius 2 is 1.83 bits per heavy atom. The summed E-state index contributed by atoms with van der Waals surface area (Å²) in [4.78, 5) is 40.5. The number of methoxy groups -OCH3 is 2. The molecule has 212 valence electrons. The van der Waals surface area contributed by atoms with Crippen molar-refractivity contribution in [3.63, 3.8) is 0 Å². The third kappa shape index (κ3) is 5.90. The van der Waals surface area contributed by atoms with Gasteiger partial charge in [-0.2, -0.15) is 0 Å². The van der Waals surface area contributed by atoms with Crippen molar-refractivity contribution in [1.82, 2.24) is 25.2 Å². The number of likely N-dealkylation sites (tertiary alicyclic amines) is 1. The Balaban J connectivity index is 1.44. The summed E-state index contributed by atoms with van der Waals surface area (Å²) in [6, 6.07) is 19.0. The highest BCUT2D eigenvalue weighted by atomic mass is 16.5. The van der Waals surface area contributed by atoms with Gasteiger partial charge in [-0.1, -0.05) is 47.7 Å². The average molecular weight is 558 g/mol. The molecule has 0 bridgehead atoms. The van der Waals surface area contributed by atoms with Crippen molar-refractivity contribution in [2.24, 2.45) is 0 Å². The summed E-state index contributed by atoms with van der Waals surface area (Å²) in [5, 5.41) is 11.0. The van der Waals surface area contributed by atoms with Crippen molar-refractivity contribution in [1.29, 1.82) is 0 Å². The third-order valence-corrected chi connectivity index (χ3v) is 7.27. The first-order valence-corrected chi connectivity index (χ1v) is 13.2. The van der Waals surface area contributed by atoms with Gasteiger partial charge in [-0.3, -0.25) is 9.69 Å². The van der Waals surface area contributed by atoms with Crippen LogP contribution < -0.4 is 5.32 Å². The van der Waals surface area contributed by atoms with Gasteiger partial charge in [0.2, 0.25) is 11.6 Å². The predicted octanol–water partition coefficient (Wildman–Crippen LogP) is 3.55. The topological polar surface area (TPSA) is 129 Å². The van der Waals surface area contributed by atoms with Crippen LogP contribution in [-0.4, -0.2) is 64.5 Å². The molecule has 2 aromatic carbocycles. The first-order valence-electron chi connectivity index (χ1n) is 13.2. The lowest BCUT2D eigenvalue weighted by Crippen LogP contribution is -2.42. The summed E-state index contributed by atoms with van der Waals surface area (Å²) in [6.07, 6.45) is 1.88. The number of aryl methyl sites for hydroxylation is 1. The van der Waals surface area contributed by atoms with Crippen molar-refractivity contribution in [2.75, 3.05) is 20.8 Å². The molecule has 0 spiro atoms. The Morgan fingerprint density at radius 1 is 1.02 bits per heavy atom. The fourth-order valence-corrected chi connectivity index (χ4v) is 5.25. The normalized spacial score (nSPS) is 16.9. The summed E-state index contributed by atoms with van der Waals surface area (Å²) in [5.74, 6) is -1.12. The van der Waals surface area contributed by atoms with Crippen LogP contribution in [0.15, 0.2) is 71.3 Å². The van der Waals surface area contributed by atoms with E-state index in [-0.39, 0.29) is 23.8 Å². The molecule has 4 aromatic rings. The first kappa shape index (κ1) is 27.8. The Kier molecular flexibility index (Phi) is 8.25. The molecule has 1 fully saturated rings. The third-order valence-electron chi connectivity index (χ3n) is 7.27. The number of aromatic nitrogens is 3. The fourth-order valence-electron chi connectivity index (χ4n) is 5.25. The highest BCUT2D eigenvalue weighted by molar-refractivity contribution is 6.00. The Labute approximate surface area is 237 Å². The predicted molar refractivity (Wildman–Crippen MR) is 148 cm³/mol. The van der Waals surface area contributed by atoms with E-state index in [1.165, 1.54) is 24.5 Å². The van der Waals surface area contributed by atoms with E-state index in [1.54, 1.807) is 18.4 Å². The molecule has 1 aliphatic heterocycles. The van der Waals surface area contributed by atoms with E-state index in [0.717, 1.165) is 16.7 Å². The van der Waals surface area contributed by atoms with Crippen LogP contribution in [-0.2, 0) is 27.4 Å². The molecule has 41 heavy (non-hydrogen) atoms. The van der Waals surface area contributed by atoms with E-state index in [4.69, 9.17) is 13.9 Å². The molecule has 0 saturated carbocycles. The number of ether oxygens (including phenoxy) is 2. The molecule has 2 aromatic heterocycles. The highest BCUT2D eigenvalue weighted by Crippen LogP contribution is 2.32. The number of hydrogen-bond acceptors (Lipinski definition) is 9. The lowest BCUT2D eigenvalue weighted by Gasteiger charge is -2.23. The molecule has 1 N–H and O–H groups in total. The molecule has 1 saturated heterocycles. The van der Waals surface area contributed by atoms with Gasteiger partial charge in [0.25, 0.3) is 0 Å². The molecule has 1 aliphatic rings. The van der Waals surface area contributed by atoms with Gasteiger partial charge in [-0.05, 0) is 53.8 Å². The number of furan rings is 1. The lowest BCUT2D eigenvalue weighted by molar-refractivity contribution is -0.125. The minimum absolute atomic E-state index is 0.109. The molecular weight excluding hydrogens is 526 g/mol. The van der Waals surface area contributed by atoms with E-state index < -0.39 is 24.0 Å². The van der Waals surface area contributed by atoms with Gasteiger partial charge in [0.05, 0.1) is 39.1 Å². The number of esters is 2. The number of benzene rings is 2. The van der Waals surface area contributed by atoms with E-state index in [9.17, 15) is 14.4 Å². The average Bonchev–Trinajstić information content (AvgIpc) is 3.75. The van der Waals surface area contributed by atoms with Crippen molar-refractivity contribution < 1.29 is 28.3 Å². The number of amides is 1. The van der Waals surface area contributed by atoms with Gasteiger partial charge in [0.15, 0.2) is 5.69 Å². The van der Waals surface area contributed by atoms with Gasteiger partial charge < -0.3 is 19.2 Å². The Hall–Kier alpha value is -4.77. The summed E-state index contributed by atoms with van der Waals surface area (Å²) < 4.78 is 16.4. The van der Waals surface area contributed by atoms with Gasteiger partial charge in [0, 0.05) is 13.1 Å². The van der Waals surface area contributed by atoms with Crippen LogP contribution in [0.1, 0.15) is 50.3 Å². The van der Waals surface area contributed by atoms with Gasteiger partial charge in [-0.15, -0.1) is 5.10 Å². The van der Waals surface area contributed by atoms with E-state index in [0.29, 0.717) is 25.3 Å². The number of carbonyl (C=O) groups is 3. The van der Waals surface area contributed by atoms with Crippen LogP contribution in [0.2, 0.25) is 0 Å². The van der Waals surface area contributed by atoms with Crippen LogP contribution in [0, 0.1) is 6.92 Å². The maximum Gasteiger partial charge on any atom is 0.361 e. The smallest absolute Gasteiger partial charge is 0.361 e. The molecular formula is C30H31N5O6. The Morgan fingerprint density at radius 3 is 2.56 bits per heavy atom. The highest BCUT2D eigenvalue weighted by Gasteiger charge is 2.41. The quantitative estimate of drug-likeness (QED) is 0.307. The van der Waals surface area contributed by atoms with Gasteiger partial charge >= 0.3 is 11.9 Å². The standard InChI is InChI=1S/C30H31N5O6/c1-19-8-4-5-12-24(19)21-10-6-9-20(14-21)17-34-18-22(15-25(34)28(36)31-16-23-11-7-13-41-23)35-27(30(38)40-3)26(32-33-35)29(37)39-2/h4-14,22,25H,15-18H2,1-3H3,(H,31,36)/t22-,25-/m0/s1. The van der Waals surface area contributed by atoms with Crippen LogP contribution in [0.4, 0.5) is 0 Å². The molecule has 5 rings (SSSR count). The maximum absolute atomic E-state index is 13.5. The van der Waals surface area contributed by atoms with Crippen molar-refractivity contribution in [2.45, 2.75) is 38.5 Å². The molecule has 1 amide bonds. The van der Waals surface area contributed by atoms with E-state index >= 15 is 0 Å². The van der Waals surface area contributed by atoms with E-state index in [2.05, 4.69) is 46.8 Å². The second kappa shape index (κ2) is 12.2. The summed E-state index contributed by atoms with van der Waals surface area (Å²) in [6.45, 7) is 3.17. The molecule has 0 aliphatic carbocycles. The van der Waals surface area contributed by atoms with Crippen molar-refractivity contribution >= 4 is 17.8 Å². The fraction of sp³-hybridized carbons (Fsp3) is 0.300. The van der Waals surface area contributed by atoms with Crippen LogP contribution >= 0.6 is 0 Å². The zero-order chi connectivity index (χ0) is 28.9. The van der Waals surface area contributed by atoms with Crippen molar-refractivity contribution in [3.8, 4) is 11.1 Å². The molecule has 0 unspecified atom stereocenters. The minimum Gasteiger partial charge on any atom is -0.467 e. The maximum atomic E-state index is 13.5. The number of rotatable bonds is 9.